The highest BCUT2D eigenvalue weighted by Crippen LogP contribution is 2.30. The zero-order valence-corrected chi connectivity index (χ0v) is 19.7. The summed E-state index contributed by atoms with van der Waals surface area (Å²) >= 11 is 1.35. The standard InChI is InChI=1S/C25H24N6O3S/c26-14-15-5-10-21-20(13-15)29-25(34)31(21)17-8-6-16(7-9-17)27-22(32)11-12-35-24-28-19-4-2-1-3-18(19)23(33)30-24/h1-5,10,13,16-17H,6-9,11-12H2,(H,27,32)(H,29,34)(H,28,30,33)/t16-,17-. The number of imidazole rings is 1. The third-order valence-electron chi connectivity index (χ3n) is 6.43. The van der Waals surface area contributed by atoms with Crippen LogP contribution >= 0.6 is 11.8 Å². The van der Waals surface area contributed by atoms with E-state index in [1.807, 2.05) is 12.1 Å². The largest absolute Gasteiger partial charge is 0.353 e. The van der Waals surface area contributed by atoms with Crippen molar-refractivity contribution in [3.8, 4) is 6.07 Å². The van der Waals surface area contributed by atoms with Crippen molar-refractivity contribution >= 4 is 39.6 Å². The smallest absolute Gasteiger partial charge is 0.326 e. The van der Waals surface area contributed by atoms with Gasteiger partial charge in [-0.1, -0.05) is 23.9 Å². The second-order valence-electron chi connectivity index (χ2n) is 8.70. The Hall–Kier alpha value is -3.84. The van der Waals surface area contributed by atoms with E-state index in [1.54, 1.807) is 34.9 Å². The molecule has 1 fully saturated rings. The Morgan fingerprint density at radius 1 is 1.14 bits per heavy atom. The summed E-state index contributed by atoms with van der Waals surface area (Å²) in [5.41, 5.74) is 2.28. The zero-order valence-electron chi connectivity index (χ0n) is 18.9. The number of aromatic nitrogens is 4. The van der Waals surface area contributed by atoms with E-state index >= 15 is 0 Å². The quantitative estimate of drug-likeness (QED) is 0.282. The molecule has 0 spiro atoms. The molecule has 35 heavy (non-hydrogen) atoms. The minimum Gasteiger partial charge on any atom is -0.353 e. The number of amides is 1. The number of nitriles is 1. The van der Waals surface area contributed by atoms with E-state index in [2.05, 4.69) is 26.3 Å². The monoisotopic (exact) mass is 488 g/mol. The molecule has 4 aromatic rings. The molecule has 0 unspecified atom stereocenters. The van der Waals surface area contributed by atoms with Crippen LogP contribution in [-0.2, 0) is 4.79 Å². The van der Waals surface area contributed by atoms with Gasteiger partial charge in [-0.05, 0) is 56.0 Å². The molecule has 5 rings (SSSR count). The Bertz CT molecular complexity index is 1560. The number of carbonyl (C=O) groups is 1. The Kier molecular flexibility index (Phi) is 6.42. The van der Waals surface area contributed by atoms with Gasteiger partial charge in [0.1, 0.15) is 0 Å². The fraction of sp³-hybridized carbons (Fsp3) is 0.320. The van der Waals surface area contributed by atoms with E-state index in [-0.39, 0.29) is 29.2 Å². The van der Waals surface area contributed by atoms with E-state index in [0.717, 1.165) is 31.2 Å². The summed E-state index contributed by atoms with van der Waals surface area (Å²) in [5.74, 6) is 0.482. The molecule has 9 nitrogen and oxygen atoms in total. The van der Waals surface area contributed by atoms with Gasteiger partial charge in [0, 0.05) is 24.3 Å². The predicted molar refractivity (Wildman–Crippen MR) is 134 cm³/mol. The topological polar surface area (TPSA) is 136 Å². The van der Waals surface area contributed by atoms with Crippen molar-refractivity contribution in [2.45, 2.75) is 49.3 Å². The van der Waals surface area contributed by atoms with Crippen molar-refractivity contribution in [1.82, 2.24) is 24.8 Å². The van der Waals surface area contributed by atoms with Crippen LogP contribution < -0.4 is 16.6 Å². The summed E-state index contributed by atoms with van der Waals surface area (Å²) in [6, 6.07) is 14.6. The first-order valence-electron chi connectivity index (χ1n) is 11.6. The van der Waals surface area contributed by atoms with E-state index in [1.165, 1.54) is 11.8 Å². The molecule has 10 heteroatoms. The highest BCUT2D eigenvalue weighted by molar-refractivity contribution is 7.99. The van der Waals surface area contributed by atoms with Crippen molar-refractivity contribution in [3.63, 3.8) is 0 Å². The molecule has 2 aromatic carbocycles. The lowest BCUT2D eigenvalue weighted by molar-refractivity contribution is -0.121. The molecule has 0 saturated heterocycles. The first-order valence-corrected chi connectivity index (χ1v) is 12.6. The molecule has 1 aliphatic rings. The van der Waals surface area contributed by atoms with Crippen LogP contribution in [-0.4, -0.2) is 37.2 Å². The summed E-state index contributed by atoms with van der Waals surface area (Å²) in [4.78, 5) is 47.3. The van der Waals surface area contributed by atoms with Crippen molar-refractivity contribution in [1.29, 1.82) is 5.26 Å². The summed E-state index contributed by atoms with van der Waals surface area (Å²) < 4.78 is 1.78. The van der Waals surface area contributed by atoms with Gasteiger partial charge in [-0.25, -0.2) is 9.78 Å². The van der Waals surface area contributed by atoms with E-state index < -0.39 is 0 Å². The number of thioether (sulfide) groups is 1. The molecule has 1 amide bonds. The summed E-state index contributed by atoms with van der Waals surface area (Å²) in [5, 5.41) is 13.2. The Balaban J connectivity index is 1.13. The van der Waals surface area contributed by atoms with Crippen molar-refractivity contribution in [2.75, 3.05) is 5.75 Å². The van der Waals surface area contributed by atoms with Crippen molar-refractivity contribution in [2.24, 2.45) is 0 Å². The van der Waals surface area contributed by atoms with Crippen LogP contribution in [0.5, 0.6) is 0 Å². The number of para-hydroxylation sites is 1. The van der Waals surface area contributed by atoms with E-state index in [9.17, 15) is 14.4 Å². The van der Waals surface area contributed by atoms with Crippen LogP contribution in [0.2, 0.25) is 0 Å². The van der Waals surface area contributed by atoms with Gasteiger partial charge >= 0.3 is 5.69 Å². The van der Waals surface area contributed by atoms with Crippen LogP contribution in [0, 0.1) is 11.3 Å². The van der Waals surface area contributed by atoms with Gasteiger partial charge < -0.3 is 15.3 Å². The number of fused-ring (bicyclic) bond motifs is 2. The average Bonchev–Trinajstić information content (AvgIpc) is 3.19. The second-order valence-corrected chi connectivity index (χ2v) is 9.79. The molecular formula is C25H24N6O3S. The summed E-state index contributed by atoms with van der Waals surface area (Å²) in [6.07, 6.45) is 3.48. The van der Waals surface area contributed by atoms with E-state index in [0.29, 0.717) is 39.3 Å². The van der Waals surface area contributed by atoms with Crippen molar-refractivity contribution < 1.29 is 4.79 Å². The fourth-order valence-electron chi connectivity index (χ4n) is 4.72. The number of nitrogens with one attached hydrogen (secondary N) is 3. The van der Waals surface area contributed by atoms with Gasteiger partial charge in [-0.2, -0.15) is 5.26 Å². The molecule has 0 aliphatic heterocycles. The lowest BCUT2D eigenvalue weighted by atomic mass is 9.90. The maximum Gasteiger partial charge on any atom is 0.326 e. The van der Waals surface area contributed by atoms with Crippen LogP contribution in [0.1, 0.15) is 43.7 Å². The highest BCUT2D eigenvalue weighted by Gasteiger charge is 2.26. The number of rotatable bonds is 6. The summed E-state index contributed by atoms with van der Waals surface area (Å²) in [6.45, 7) is 0. The van der Waals surface area contributed by atoms with Crippen LogP contribution in [0.25, 0.3) is 21.9 Å². The van der Waals surface area contributed by atoms with Gasteiger partial charge in [0.25, 0.3) is 5.56 Å². The number of aromatic amines is 2. The van der Waals surface area contributed by atoms with Crippen LogP contribution in [0.4, 0.5) is 0 Å². The van der Waals surface area contributed by atoms with Crippen LogP contribution in [0.3, 0.4) is 0 Å². The average molecular weight is 489 g/mol. The first-order chi connectivity index (χ1) is 17.0. The van der Waals surface area contributed by atoms with Gasteiger partial charge in [0.05, 0.1) is 33.6 Å². The number of nitrogens with zero attached hydrogens (tertiary/aromatic N) is 3. The second kappa shape index (κ2) is 9.80. The lowest BCUT2D eigenvalue weighted by Gasteiger charge is -2.29. The predicted octanol–water partition coefficient (Wildman–Crippen LogP) is 3.22. The maximum absolute atomic E-state index is 12.6. The number of carbonyl (C=O) groups excluding carboxylic acids is 1. The van der Waals surface area contributed by atoms with Gasteiger partial charge in [0.2, 0.25) is 5.91 Å². The molecule has 3 N–H and O–H groups in total. The Morgan fingerprint density at radius 3 is 2.74 bits per heavy atom. The minimum absolute atomic E-state index is 0.0302. The number of hydrogen-bond acceptors (Lipinski definition) is 6. The Morgan fingerprint density at radius 2 is 1.94 bits per heavy atom. The van der Waals surface area contributed by atoms with Gasteiger partial charge in [0.15, 0.2) is 5.16 Å². The molecule has 178 valence electrons. The highest BCUT2D eigenvalue weighted by atomic mass is 32.2. The first kappa shape index (κ1) is 22.9. The molecule has 1 saturated carbocycles. The van der Waals surface area contributed by atoms with E-state index in [4.69, 9.17) is 5.26 Å². The maximum atomic E-state index is 12.6. The van der Waals surface area contributed by atoms with Crippen molar-refractivity contribution in [3.05, 3.63) is 68.9 Å². The lowest BCUT2D eigenvalue weighted by Crippen LogP contribution is -2.39. The fourth-order valence-corrected chi connectivity index (χ4v) is 5.52. The third kappa shape index (κ3) is 4.86. The number of benzene rings is 2. The molecule has 0 bridgehead atoms. The molecule has 1 aliphatic carbocycles. The molecule has 2 aromatic heterocycles. The van der Waals surface area contributed by atoms with Gasteiger partial charge in [-0.15, -0.1) is 0 Å². The number of hydrogen-bond donors (Lipinski definition) is 3. The zero-order chi connectivity index (χ0) is 24.4. The number of H-pyrrole nitrogens is 2. The van der Waals surface area contributed by atoms with Crippen LogP contribution in [0.15, 0.2) is 57.2 Å². The molecule has 0 atom stereocenters. The third-order valence-corrected chi connectivity index (χ3v) is 7.31. The Labute approximate surface area is 204 Å². The molecule has 2 heterocycles. The normalized spacial score (nSPS) is 17.9. The van der Waals surface area contributed by atoms with Gasteiger partial charge in [-0.3, -0.25) is 14.2 Å². The summed E-state index contributed by atoms with van der Waals surface area (Å²) in [7, 11) is 0. The molecular weight excluding hydrogens is 464 g/mol. The SMILES string of the molecule is N#Cc1ccc2c(c1)[nH]c(=O)n2[C@H]1CC[C@H](NC(=O)CCSc2nc3ccccc3c(=O)[nH]2)CC1. The minimum atomic E-state index is -0.181. The molecule has 0 radical (unpaired) electrons.